The number of ketones is 1. The number of rotatable bonds is 3. The first kappa shape index (κ1) is 12.3. The maximum atomic E-state index is 12.6. The van der Waals surface area contributed by atoms with Gasteiger partial charge < -0.3 is 5.32 Å². The quantitative estimate of drug-likeness (QED) is 0.810. The first-order valence-electron chi connectivity index (χ1n) is 6.46. The molecule has 1 N–H and O–H groups in total. The Labute approximate surface area is 103 Å². The molecule has 1 heterocycles. The summed E-state index contributed by atoms with van der Waals surface area (Å²) in [6, 6.07) is 6.03. The van der Waals surface area contributed by atoms with Gasteiger partial charge in [-0.1, -0.05) is 19.1 Å². The van der Waals surface area contributed by atoms with Crippen LogP contribution >= 0.6 is 0 Å². The van der Waals surface area contributed by atoms with Crippen LogP contribution in [0.25, 0.3) is 0 Å². The monoisotopic (exact) mass is 231 g/mol. The minimum atomic E-state index is -0.304. The molecule has 0 aliphatic carbocycles. The molecule has 1 atom stereocenters. The molecule has 92 valence electrons. The van der Waals surface area contributed by atoms with Gasteiger partial charge in [0.15, 0.2) is 5.78 Å². The predicted molar refractivity (Wildman–Crippen MR) is 70.5 cm³/mol. The molecule has 0 bridgehead atoms. The molecule has 1 aliphatic heterocycles. The van der Waals surface area contributed by atoms with Gasteiger partial charge in [-0.3, -0.25) is 4.79 Å². The van der Waals surface area contributed by atoms with Gasteiger partial charge in [-0.15, -0.1) is 0 Å². The third-order valence-corrected chi connectivity index (χ3v) is 4.05. The van der Waals surface area contributed by atoms with Crippen molar-refractivity contribution in [3.8, 4) is 0 Å². The van der Waals surface area contributed by atoms with E-state index in [0.717, 1.165) is 31.4 Å². The highest BCUT2D eigenvalue weighted by molar-refractivity contribution is 6.03. The average Bonchev–Trinajstić information content (AvgIpc) is 2.81. The fourth-order valence-electron chi connectivity index (χ4n) is 2.62. The van der Waals surface area contributed by atoms with E-state index in [1.54, 1.807) is 0 Å². The second-order valence-corrected chi connectivity index (χ2v) is 5.09. The van der Waals surface area contributed by atoms with Crippen LogP contribution in [0.5, 0.6) is 0 Å². The predicted octanol–water partition coefficient (Wildman–Crippen LogP) is 3.02. The summed E-state index contributed by atoms with van der Waals surface area (Å²) in [5.74, 6) is 0.264. The topological polar surface area (TPSA) is 29.1 Å². The van der Waals surface area contributed by atoms with Crippen molar-refractivity contribution in [1.29, 1.82) is 0 Å². The average molecular weight is 231 g/mol. The van der Waals surface area contributed by atoms with Gasteiger partial charge in [0.2, 0.25) is 0 Å². The van der Waals surface area contributed by atoms with Gasteiger partial charge >= 0.3 is 0 Å². The van der Waals surface area contributed by atoms with Crippen LogP contribution in [0, 0.1) is 13.8 Å². The van der Waals surface area contributed by atoms with Crippen molar-refractivity contribution in [3.05, 3.63) is 34.9 Å². The second-order valence-electron chi connectivity index (χ2n) is 5.09. The Morgan fingerprint density at radius 3 is 2.65 bits per heavy atom. The molecular weight excluding hydrogens is 210 g/mol. The Balaban J connectivity index is 2.32. The lowest BCUT2D eigenvalue weighted by Crippen LogP contribution is -2.47. The molecule has 1 aromatic carbocycles. The summed E-state index contributed by atoms with van der Waals surface area (Å²) in [4.78, 5) is 12.6. The van der Waals surface area contributed by atoms with Crippen LogP contribution in [0.4, 0.5) is 0 Å². The van der Waals surface area contributed by atoms with Crippen molar-refractivity contribution in [2.45, 2.75) is 45.6 Å². The van der Waals surface area contributed by atoms with Gasteiger partial charge in [0.05, 0.1) is 5.54 Å². The SMILES string of the molecule is CCC1(C(=O)c2ccc(C)c(C)c2)CCCN1. The third-order valence-electron chi connectivity index (χ3n) is 4.05. The molecule has 1 unspecified atom stereocenters. The zero-order valence-electron chi connectivity index (χ0n) is 11.0. The van der Waals surface area contributed by atoms with Crippen LogP contribution in [-0.2, 0) is 0 Å². The van der Waals surface area contributed by atoms with E-state index < -0.39 is 0 Å². The standard InChI is InChI=1S/C15H21NO/c1-4-15(8-5-9-16-15)14(17)13-7-6-11(2)12(3)10-13/h6-7,10,16H,4-5,8-9H2,1-3H3. The summed E-state index contributed by atoms with van der Waals surface area (Å²) in [5.41, 5.74) is 2.98. The second kappa shape index (κ2) is 4.61. The van der Waals surface area contributed by atoms with E-state index in [0.29, 0.717) is 0 Å². The van der Waals surface area contributed by atoms with E-state index in [1.807, 2.05) is 18.2 Å². The lowest BCUT2D eigenvalue weighted by molar-refractivity contribution is 0.0864. The van der Waals surface area contributed by atoms with Crippen LogP contribution in [0.3, 0.4) is 0 Å². The van der Waals surface area contributed by atoms with E-state index in [-0.39, 0.29) is 11.3 Å². The van der Waals surface area contributed by atoms with Crippen LogP contribution in [-0.4, -0.2) is 17.9 Å². The molecule has 2 heteroatoms. The van der Waals surface area contributed by atoms with E-state index >= 15 is 0 Å². The molecule has 2 rings (SSSR count). The number of benzene rings is 1. The number of hydrogen-bond acceptors (Lipinski definition) is 2. The van der Waals surface area contributed by atoms with Gasteiger partial charge in [-0.25, -0.2) is 0 Å². The molecule has 17 heavy (non-hydrogen) atoms. The number of nitrogens with one attached hydrogen (secondary N) is 1. The molecule has 1 fully saturated rings. The summed E-state index contributed by atoms with van der Waals surface area (Å²) < 4.78 is 0. The zero-order chi connectivity index (χ0) is 12.5. The Morgan fingerprint density at radius 2 is 2.12 bits per heavy atom. The summed E-state index contributed by atoms with van der Waals surface area (Å²) in [5, 5.41) is 3.40. The van der Waals surface area contributed by atoms with Crippen LogP contribution < -0.4 is 5.32 Å². The molecular formula is C15H21NO. The molecule has 0 radical (unpaired) electrons. The van der Waals surface area contributed by atoms with Crippen LogP contribution in [0.15, 0.2) is 18.2 Å². The molecule has 0 aromatic heterocycles. The summed E-state index contributed by atoms with van der Waals surface area (Å²) in [6.45, 7) is 7.20. The Bertz CT molecular complexity index is 431. The highest BCUT2D eigenvalue weighted by Gasteiger charge is 2.39. The molecule has 1 aromatic rings. The van der Waals surface area contributed by atoms with Gasteiger partial charge in [-0.2, -0.15) is 0 Å². The van der Waals surface area contributed by atoms with Crippen molar-refractivity contribution in [3.63, 3.8) is 0 Å². The first-order chi connectivity index (χ1) is 8.09. The van der Waals surface area contributed by atoms with Gasteiger partial charge in [-0.05, 0) is 56.8 Å². The Morgan fingerprint density at radius 1 is 1.35 bits per heavy atom. The number of carbonyl (C=O) groups excluding carboxylic acids is 1. The number of Topliss-reactive ketones (excluding diaryl/α,β-unsaturated/α-hetero) is 1. The minimum absolute atomic E-state index is 0.264. The maximum absolute atomic E-state index is 12.6. The minimum Gasteiger partial charge on any atom is -0.305 e. The van der Waals surface area contributed by atoms with Crippen LogP contribution in [0.1, 0.15) is 47.7 Å². The zero-order valence-corrected chi connectivity index (χ0v) is 11.0. The number of aryl methyl sites for hydroxylation is 2. The fraction of sp³-hybridized carbons (Fsp3) is 0.533. The summed E-state index contributed by atoms with van der Waals surface area (Å²) >= 11 is 0. The Hall–Kier alpha value is -1.15. The van der Waals surface area contributed by atoms with E-state index in [1.165, 1.54) is 11.1 Å². The van der Waals surface area contributed by atoms with Crippen LogP contribution in [0.2, 0.25) is 0 Å². The summed E-state index contributed by atoms with van der Waals surface area (Å²) in [7, 11) is 0. The van der Waals surface area contributed by atoms with Gasteiger partial charge in [0, 0.05) is 5.56 Å². The number of carbonyl (C=O) groups is 1. The van der Waals surface area contributed by atoms with Gasteiger partial charge in [0.25, 0.3) is 0 Å². The van der Waals surface area contributed by atoms with Crippen molar-refractivity contribution < 1.29 is 4.79 Å². The molecule has 0 saturated carbocycles. The maximum Gasteiger partial charge on any atom is 0.182 e. The third kappa shape index (κ3) is 2.14. The smallest absolute Gasteiger partial charge is 0.182 e. The molecule has 2 nitrogen and oxygen atoms in total. The lowest BCUT2D eigenvalue weighted by Gasteiger charge is -2.26. The van der Waals surface area contributed by atoms with E-state index in [9.17, 15) is 4.79 Å². The normalized spacial score (nSPS) is 23.9. The highest BCUT2D eigenvalue weighted by atomic mass is 16.1. The molecule has 1 aliphatic rings. The number of hydrogen-bond donors (Lipinski definition) is 1. The molecule has 0 spiro atoms. The molecule has 0 amide bonds. The van der Waals surface area contributed by atoms with Crippen molar-refractivity contribution in [2.24, 2.45) is 0 Å². The Kier molecular flexibility index (Phi) is 3.34. The highest BCUT2D eigenvalue weighted by Crippen LogP contribution is 2.27. The van der Waals surface area contributed by atoms with Gasteiger partial charge in [0.1, 0.15) is 0 Å². The van der Waals surface area contributed by atoms with Crippen molar-refractivity contribution in [2.75, 3.05) is 6.54 Å². The van der Waals surface area contributed by atoms with E-state index in [2.05, 4.69) is 26.1 Å². The summed E-state index contributed by atoms with van der Waals surface area (Å²) in [6.07, 6.45) is 2.94. The lowest BCUT2D eigenvalue weighted by atomic mass is 9.85. The largest absolute Gasteiger partial charge is 0.305 e. The molecule has 1 saturated heterocycles. The fourth-order valence-corrected chi connectivity index (χ4v) is 2.62. The van der Waals surface area contributed by atoms with E-state index in [4.69, 9.17) is 0 Å². The van der Waals surface area contributed by atoms with Crippen molar-refractivity contribution in [1.82, 2.24) is 5.32 Å². The van der Waals surface area contributed by atoms with Crippen molar-refractivity contribution >= 4 is 5.78 Å². The first-order valence-corrected chi connectivity index (χ1v) is 6.46.